The van der Waals surface area contributed by atoms with Gasteiger partial charge in [0.2, 0.25) is 27.7 Å². The molecule has 0 radical (unpaired) electrons. The van der Waals surface area contributed by atoms with Gasteiger partial charge < -0.3 is 25.0 Å². The number of benzene rings is 1. The smallest absolute Gasteiger partial charge is 0.407 e. The summed E-state index contributed by atoms with van der Waals surface area (Å²) in [5.74, 6) is -2.07. The highest BCUT2D eigenvalue weighted by Crippen LogP contribution is 2.46. The number of carbonyl (C=O) groups is 4. The second kappa shape index (κ2) is 16.1. The minimum absolute atomic E-state index is 0.0227. The van der Waals surface area contributed by atoms with Gasteiger partial charge in [-0.25, -0.2) is 23.2 Å². The van der Waals surface area contributed by atoms with Crippen molar-refractivity contribution < 1.29 is 37.1 Å². The van der Waals surface area contributed by atoms with Crippen LogP contribution in [0.4, 0.5) is 4.79 Å². The number of amides is 4. The molecule has 2 saturated carbocycles. The molecule has 3 fully saturated rings. The zero-order chi connectivity index (χ0) is 39.7. The van der Waals surface area contributed by atoms with Gasteiger partial charge in [-0.05, 0) is 73.9 Å². The lowest BCUT2D eigenvalue weighted by Crippen LogP contribution is -2.58. The highest BCUT2D eigenvalue weighted by atomic mass is 32.2. The van der Waals surface area contributed by atoms with E-state index >= 15 is 0 Å². The van der Waals surface area contributed by atoms with Gasteiger partial charge in [0.05, 0.1) is 34.3 Å². The first kappa shape index (κ1) is 39.7. The maximum atomic E-state index is 14.6. The number of thiophene rings is 1. The number of carbonyl (C=O) groups excluding carboxylic acids is 4. The molecule has 300 valence electrons. The molecule has 5 atom stereocenters. The van der Waals surface area contributed by atoms with Crippen LogP contribution in [0.1, 0.15) is 85.0 Å². The van der Waals surface area contributed by atoms with Crippen LogP contribution in [0.25, 0.3) is 21.6 Å². The zero-order valence-electron chi connectivity index (χ0n) is 32.0. The molecule has 7 rings (SSSR count). The molecule has 1 aromatic carbocycles. The number of aromatic nitrogens is 2. The van der Waals surface area contributed by atoms with Crippen LogP contribution in [-0.4, -0.2) is 89.2 Å². The van der Waals surface area contributed by atoms with E-state index in [1.54, 1.807) is 0 Å². The van der Waals surface area contributed by atoms with Crippen LogP contribution in [0.2, 0.25) is 0 Å². The van der Waals surface area contributed by atoms with Crippen LogP contribution in [0, 0.1) is 11.3 Å². The number of alkyl carbamates (subject to hydrolysis) is 1. The van der Waals surface area contributed by atoms with E-state index in [1.807, 2.05) is 74.7 Å². The number of allylic oxidation sites excluding steroid dienone is 1. The van der Waals surface area contributed by atoms with Crippen molar-refractivity contribution in [2.75, 3.05) is 13.2 Å². The Bertz CT molecular complexity index is 2100. The monoisotopic (exact) mass is 806 g/mol. The van der Waals surface area contributed by atoms with E-state index in [0.717, 1.165) is 17.7 Å². The molecule has 2 aliphatic heterocycles. The lowest BCUT2D eigenvalue weighted by atomic mass is 9.93. The van der Waals surface area contributed by atoms with Crippen LogP contribution >= 0.6 is 11.3 Å². The number of hydrogen-bond donors (Lipinski definition) is 3. The maximum Gasteiger partial charge on any atom is 0.407 e. The largest absolute Gasteiger partial charge is 0.471 e. The van der Waals surface area contributed by atoms with E-state index in [4.69, 9.17) is 19.4 Å². The van der Waals surface area contributed by atoms with Crippen molar-refractivity contribution in [3.8, 4) is 16.5 Å². The average molecular weight is 807 g/mol. The first-order valence-corrected chi connectivity index (χ1v) is 21.9. The minimum Gasteiger partial charge on any atom is -0.471 e. The lowest BCUT2D eigenvalue weighted by molar-refractivity contribution is -0.141. The number of fused-ring (bicyclic) bond motifs is 3. The summed E-state index contributed by atoms with van der Waals surface area (Å²) in [5, 5.41) is 6.97. The third-order valence-electron chi connectivity index (χ3n) is 10.8. The Labute approximate surface area is 331 Å². The molecule has 2 aromatic heterocycles. The quantitative estimate of drug-likeness (QED) is 0.242. The first-order chi connectivity index (χ1) is 26.7. The van der Waals surface area contributed by atoms with Gasteiger partial charge in [-0.1, -0.05) is 64.0 Å². The summed E-state index contributed by atoms with van der Waals surface area (Å²) >= 11 is 1.48. The van der Waals surface area contributed by atoms with Crippen LogP contribution in [-0.2, 0) is 29.1 Å². The lowest BCUT2D eigenvalue weighted by Gasteiger charge is -2.29. The molecule has 16 heteroatoms. The van der Waals surface area contributed by atoms with Gasteiger partial charge in [0.15, 0.2) is 0 Å². The van der Waals surface area contributed by atoms with Crippen molar-refractivity contribution in [1.82, 2.24) is 30.2 Å². The molecule has 14 nitrogen and oxygen atoms in total. The molecule has 3 N–H and O–H groups in total. The summed E-state index contributed by atoms with van der Waals surface area (Å²) in [6.07, 6.45) is 7.41. The molecule has 56 heavy (non-hydrogen) atoms. The van der Waals surface area contributed by atoms with Crippen LogP contribution in [0.15, 0.2) is 53.9 Å². The Kier molecular flexibility index (Phi) is 11.4. The van der Waals surface area contributed by atoms with Gasteiger partial charge in [-0.3, -0.25) is 19.1 Å². The Balaban J connectivity index is 1.19. The topological polar surface area (TPSA) is 186 Å². The van der Waals surface area contributed by atoms with Gasteiger partial charge in [0.25, 0.3) is 5.91 Å². The fourth-order valence-electron chi connectivity index (χ4n) is 7.28. The van der Waals surface area contributed by atoms with Crippen LogP contribution < -0.4 is 20.1 Å². The van der Waals surface area contributed by atoms with Crippen molar-refractivity contribution in [1.29, 1.82) is 0 Å². The van der Waals surface area contributed by atoms with Gasteiger partial charge in [0.1, 0.15) is 29.4 Å². The highest BCUT2D eigenvalue weighted by molar-refractivity contribution is 7.91. The van der Waals surface area contributed by atoms with Crippen LogP contribution in [0.5, 0.6) is 5.88 Å². The minimum atomic E-state index is -3.90. The van der Waals surface area contributed by atoms with E-state index < -0.39 is 68.7 Å². The standard InChI is InChI=1S/C40H50N6O8S2/c1-39(2,3)19-20-53-38(50)43-30-15-8-6-4-5-7-12-25-23-40(25,37(49)45-56(51,52)27-17-18-27)44-34(47)31-22-26(24-46(31)36(30)48)54-35-33(32-16-11-21-55-32)41-28-13-9-10-14-29(28)42-35/h7,9-14,16,21,25-27,30-31H,4-6,8,15,17-20,22-24H2,1-3H3,(H,43,50)(H,44,47)(H,45,49)/b12-7-/t25?,26-,30-,31+,40-/m1/s1. The number of hydrogen-bond acceptors (Lipinski definition) is 11. The number of nitrogens with zero attached hydrogens (tertiary/aromatic N) is 3. The van der Waals surface area contributed by atoms with Gasteiger partial charge in [-0.15, -0.1) is 11.3 Å². The van der Waals surface area contributed by atoms with Gasteiger partial charge >= 0.3 is 6.09 Å². The normalized spacial score (nSPS) is 26.5. The van der Waals surface area contributed by atoms with Gasteiger partial charge in [0, 0.05) is 12.3 Å². The molecule has 2 aliphatic carbocycles. The van der Waals surface area contributed by atoms with Crippen molar-refractivity contribution in [2.24, 2.45) is 11.3 Å². The molecule has 3 aromatic rings. The second-order valence-electron chi connectivity index (χ2n) is 16.5. The fourth-order valence-corrected chi connectivity index (χ4v) is 9.35. The SMILES string of the molecule is CC(C)(C)CCOC(=O)N[C@@H]1CCCCC/C=C\C2C[C@@]2(C(=O)NS(=O)(=O)C2CC2)NC(=O)[C@@H]2C[C@@H](Oc3nc4ccccc4nc3-c3cccs3)CN2C1=O. The average Bonchev–Trinajstić information content (AvgIpc) is 4.01. The third kappa shape index (κ3) is 9.17. The molecular weight excluding hydrogens is 757 g/mol. The van der Waals surface area contributed by atoms with E-state index in [2.05, 4.69) is 15.4 Å². The van der Waals surface area contributed by atoms with Crippen molar-refractivity contribution in [3.05, 3.63) is 53.9 Å². The van der Waals surface area contributed by atoms with Gasteiger partial charge in [-0.2, -0.15) is 0 Å². The summed E-state index contributed by atoms with van der Waals surface area (Å²) in [5.41, 5.74) is 0.250. The Hall–Kier alpha value is -4.57. The molecule has 1 saturated heterocycles. The van der Waals surface area contributed by atoms with E-state index in [1.165, 1.54) is 16.2 Å². The molecule has 4 amide bonds. The maximum absolute atomic E-state index is 14.6. The number of nitrogens with one attached hydrogen (secondary N) is 3. The zero-order valence-corrected chi connectivity index (χ0v) is 33.6. The van der Waals surface area contributed by atoms with Crippen LogP contribution in [0.3, 0.4) is 0 Å². The highest BCUT2D eigenvalue weighted by Gasteiger charge is 2.62. The number of ether oxygens (including phenoxy) is 2. The van der Waals surface area contributed by atoms with Crippen molar-refractivity contribution in [2.45, 2.75) is 114 Å². The molecule has 0 spiro atoms. The molecule has 0 bridgehead atoms. The summed E-state index contributed by atoms with van der Waals surface area (Å²) in [7, 11) is -3.90. The molecule has 4 heterocycles. The summed E-state index contributed by atoms with van der Waals surface area (Å²) in [4.78, 5) is 67.8. The molecule has 1 unspecified atom stereocenters. The Morgan fingerprint density at radius 2 is 1.80 bits per heavy atom. The van der Waals surface area contributed by atoms with E-state index in [-0.39, 0.29) is 37.3 Å². The summed E-state index contributed by atoms with van der Waals surface area (Å²) < 4.78 is 40.0. The van der Waals surface area contributed by atoms with E-state index in [9.17, 15) is 27.6 Å². The Morgan fingerprint density at radius 1 is 1.04 bits per heavy atom. The van der Waals surface area contributed by atoms with E-state index in [0.29, 0.717) is 55.3 Å². The second-order valence-corrected chi connectivity index (χ2v) is 19.4. The Morgan fingerprint density at radius 3 is 2.52 bits per heavy atom. The molecular formula is C40H50N6O8S2. The number of para-hydroxylation sites is 2. The summed E-state index contributed by atoms with van der Waals surface area (Å²) in [6.45, 7) is 6.28. The number of rotatable bonds is 9. The van der Waals surface area contributed by atoms with Crippen molar-refractivity contribution >= 4 is 56.2 Å². The molecule has 4 aliphatic rings. The third-order valence-corrected chi connectivity index (χ3v) is 13.5. The summed E-state index contributed by atoms with van der Waals surface area (Å²) in [6, 6.07) is 9.12. The number of sulfonamides is 1. The first-order valence-electron chi connectivity index (χ1n) is 19.5. The predicted molar refractivity (Wildman–Crippen MR) is 211 cm³/mol. The predicted octanol–water partition coefficient (Wildman–Crippen LogP) is 5.24. The van der Waals surface area contributed by atoms with Crippen molar-refractivity contribution in [3.63, 3.8) is 0 Å². The fraction of sp³-hybridized carbons (Fsp3) is 0.550.